The van der Waals surface area contributed by atoms with Crippen LogP contribution in [0, 0.1) is 31.3 Å². The van der Waals surface area contributed by atoms with Gasteiger partial charge in [-0.25, -0.2) is 0 Å². The van der Waals surface area contributed by atoms with Gasteiger partial charge in [0.1, 0.15) is 5.58 Å². The molecular weight excluding hydrogens is 825 g/mol. The zero-order valence-corrected chi connectivity index (χ0v) is 31.8. The molecule has 0 atom stereocenters. The molecule has 0 spiro atoms. The Bertz CT molecular complexity index is 2950. The third-order valence-corrected chi connectivity index (χ3v) is 8.91. The predicted molar refractivity (Wildman–Crippen MR) is 217 cm³/mol. The number of furan rings is 1. The summed E-state index contributed by atoms with van der Waals surface area (Å²) in [6.07, 6.45) is 1.68. The minimum Gasteiger partial charge on any atom is -0.500 e. The van der Waals surface area contributed by atoms with Crippen LogP contribution in [0.1, 0.15) is 48.4 Å². The smallest absolute Gasteiger partial charge is 0.129 e. The number of fused-ring (bicyclic) bond motifs is 7. The van der Waals surface area contributed by atoms with Crippen molar-refractivity contribution in [3.8, 4) is 33.6 Å². The van der Waals surface area contributed by atoms with Gasteiger partial charge in [-0.3, -0.25) is 0 Å². The Balaban J connectivity index is 0.000000226. The van der Waals surface area contributed by atoms with Gasteiger partial charge in [-0.2, -0.15) is 0 Å². The maximum atomic E-state index is 8.60. The van der Waals surface area contributed by atoms with Crippen LogP contribution in [0.2, 0.25) is 0 Å². The molecule has 0 aliphatic carbocycles. The molecule has 4 heteroatoms. The third-order valence-electron chi connectivity index (χ3n) is 8.91. The second kappa shape index (κ2) is 14.9. The van der Waals surface area contributed by atoms with Gasteiger partial charge >= 0.3 is 0 Å². The molecule has 0 saturated heterocycles. The van der Waals surface area contributed by atoms with Crippen molar-refractivity contribution in [1.82, 2.24) is 9.97 Å². The van der Waals surface area contributed by atoms with Crippen LogP contribution < -0.4 is 0 Å². The van der Waals surface area contributed by atoms with Crippen molar-refractivity contribution in [2.75, 3.05) is 0 Å². The first-order valence-corrected chi connectivity index (χ1v) is 17.1. The summed E-state index contributed by atoms with van der Waals surface area (Å²) in [5, 5.41) is 6.75. The number of rotatable bonds is 4. The Kier molecular flexibility index (Phi) is 7.66. The quantitative estimate of drug-likeness (QED) is 0.131. The Labute approximate surface area is 336 Å². The minimum absolute atomic E-state index is 0. The van der Waals surface area contributed by atoms with E-state index in [4.69, 9.17) is 20.4 Å². The molecule has 3 heterocycles. The van der Waals surface area contributed by atoms with E-state index in [9.17, 15) is 0 Å². The molecule has 0 amide bonds. The predicted octanol–water partition coefficient (Wildman–Crippen LogP) is 13.2. The van der Waals surface area contributed by atoms with Gasteiger partial charge in [0.05, 0.1) is 5.58 Å². The molecule has 0 aliphatic rings. The summed E-state index contributed by atoms with van der Waals surface area (Å²) in [7, 11) is 0. The normalized spacial score (nSPS) is 14.4. The van der Waals surface area contributed by atoms with Gasteiger partial charge in [-0.05, 0) is 74.5 Å². The fraction of sp³-hybridized carbons (Fsp3) is 0.143. The first-order valence-electron chi connectivity index (χ1n) is 21.1. The largest absolute Gasteiger partial charge is 0.500 e. The number of benzene rings is 6. The van der Waals surface area contributed by atoms with Crippen LogP contribution in [-0.4, -0.2) is 9.97 Å². The van der Waals surface area contributed by atoms with Gasteiger partial charge in [-0.1, -0.05) is 130 Å². The molecule has 0 N–H and O–H groups in total. The van der Waals surface area contributed by atoms with Crippen LogP contribution in [-0.2, 0) is 26.5 Å². The summed E-state index contributed by atoms with van der Waals surface area (Å²) in [6, 6.07) is 46.7. The number of hydrogen-bond donors (Lipinski definition) is 0. The van der Waals surface area contributed by atoms with Crippen molar-refractivity contribution >= 4 is 43.5 Å². The van der Waals surface area contributed by atoms with Crippen molar-refractivity contribution in [2.45, 2.75) is 40.8 Å². The number of aromatic nitrogens is 2. The molecule has 0 bridgehead atoms. The van der Waals surface area contributed by atoms with Crippen molar-refractivity contribution in [2.24, 2.45) is 5.41 Å². The maximum Gasteiger partial charge on any atom is 0.129 e. The van der Waals surface area contributed by atoms with Gasteiger partial charge < -0.3 is 14.4 Å². The zero-order chi connectivity index (χ0) is 42.6. The van der Waals surface area contributed by atoms with Crippen LogP contribution in [0.3, 0.4) is 0 Å². The molecule has 0 aliphatic heterocycles. The first-order chi connectivity index (χ1) is 28.4. The fourth-order valence-electron chi connectivity index (χ4n) is 6.54. The second-order valence-corrected chi connectivity index (χ2v) is 13.8. The monoisotopic (exact) mass is 873 g/mol. The minimum atomic E-state index is -2.18. The van der Waals surface area contributed by atoms with E-state index in [1.165, 1.54) is 35.2 Å². The standard InChI is InChI=1S/C36H28NO.C13H12N.Ir/c1-36(2,3)22-23-11-13-24(14-12-23)27-19-20-37-32(21-27)31-10-6-9-29-30-18-17-26-16-15-25-7-4-5-8-28(25)33(26)35(30)38-34(29)31;1-10-3-6-12(7-4-10)13-8-5-11(2)9-14-13;/h4-9,11-21H,22H2,1-3H3;3-6,8-9H,1-2H3;/q2*-1;/i22D2;1D3,2D3;. The second-order valence-electron chi connectivity index (χ2n) is 13.8. The molecule has 53 heavy (non-hydrogen) atoms. The van der Waals surface area contributed by atoms with Gasteiger partial charge in [0.15, 0.2) is 0 Å². The molecule has 9 rings (SSSR count). The number of nitrogens with zero attached hydrogens (tertiary/aromatic N) is 2. The van der Waals surface area contributed by atoms with E-state index in [1.54, 1.807) is 12.1 Å². The van der Waals surface area contributed by atoms with Crippen molar-refractivity contribution in [3.05, 3.63) is 169 Å². The van der Waals surface area contributed by atoms with Crippen molar-refractivity contribution in [3.63, 3.8) is 0 Å². The van der Waals surface area contributed by atoms with Crippen molar-refractivity contribution < 1.29 is 35.5 Å². The molecule has 0 unspecified atom stereocenters. The summed E-state index contributed by atoms with van der Waals surface area (Å²) in [5.41, 5.74) is 6.99. The van der Waals surface area contributed by atoms with Gasteiger partial charge in [0, 0.05) is 54.2 Å². The molecule has 263 valence electrons. The Morgan fingerprint density at radius 1 is 0.679 bits per heavy atom. The molecule has 0 saturated carbocycles. The molecule has 3 nitrogen and oxygen atoms in total. The summed E-state index contributed by atoms with van der Waals surface area (Å²) in [6.45, 7) is 1.44. The fourth-order valence-corrected chi connectivity index (χ4v) is 6.54. The van der Waals surface area contributed by atoms with E-state index in [2.05, 4.69) is 77.8 Å². The van der Waals surface area contributed by atoms with Crippen molar-refractivity contribution in [1.29, 1.82) is 0 Å². The van der Waals surface area contributed by atoms with E-state index in [1.807, 2.05) is 63.4 Å². The SMILES string of the molecule is [2H]C([2H])([2H])c1c[c-]c(-c2ccc(C([2H])([2H])[2H])cn2)cc1.[2H]C([2H])(c1ccc(-c2ccnc(-c3[c-]ccc4c3oc3c4ccc4ccc5ccccc5c43)c2)cc1)C(C)(C)C.[Ir]. The van der Waals surface area contributed by atoms with Crippen LogP contribution in [0.4, 0.5) is 0 Å². The number of aryl methyl sites for hydroxylation is 2. The van der Waals surface area contributed by atoms with Gasteiger partial charge in [-0.15, -0.1) is 53.6 Å². The average Bonchev–Trinajstić information content (AvgIpc) is 3.62. The summed E-state index contributed by atoms with van der Waals surface area (Å²) >= 11 is 0. The summed E-state index contributed by atoms with van der Waals surface area (Å²) < 4.78 is 67.5. The van der Waals surface area contributed by atoms with Gasteiger partial charge in [0.25, 0.3) is 0 Å². The Morgan fingerprint density at radius 2 is 1.45 bits per heavy atom. The Hall–Kier alpha value is -5.41. The zero-order valence-electron chi connectivity index (χ0n) is 37.4. The summed E-state index contributed by atoms with van der Waals surface area (Å²) in [4.78, 5) is 8.78. The first kappa shape index (κ1) is 27.2. The molecule has 9 aromatic rings. The van der Waals surface area contributed by atoms with Gasteiger partial charge in [0.2, 0.25) is 0 Å². The van der Waals surface area contributed by atoms with E-state index in [0.717, 1.165) is 55.1 Å². The van der Waals surface area contributed by atoms with Crippen LogP contribution in [0.15, 0.2) is 144 Å². The molecule has 3 aromatic heterocycles. The van der Waals surface area contributed by atoms with E-state index < -0.39 is 25.5 Å². The Morgan fingerprint density at radius 3 is 2.21 bits per heavy atom. The number of pyridine rings is 2. The maximum absolute atomic E-state index is 8.60. The average molecular weight is 873 g/mol. The van der Waals surface area contributed by atoms with Crippen LogP contribution in [0.5, 0.6) is 0 Å². The van der Waals surface area contributed by atoms with Crippen LogP contribution >= 0.6 is 0 Å². The van der Waals surface area contributed by atoms with E-state index in [-0.39, 0.29) is 31.2 Å². The molecule has 6 aromatic carbocycles. The number of hydrogen-bond acceptors (Lipinski definition) is 3. The third kappa shape index (κ3) is 7.57. The van der Waals surface area contributed by atoms with Crippen LogP contribution in [0.25, 0.3) is 77.1 Å². The van der Waals surface area contributed by atoms with E-state index in [0.29, 0.717) is 16.8 Å². The molecule has 1 radical (unpaired) electrons. The van der Waals surface area contributed by atoms with E-state index >= 15 is 0 Å². The topological polar surface area (TPSA) is 38.9 Å². The molecular formula is C49H40IrN2O-2. The molecule has 0 fully saturated rings. The summed E-state index contributed by atoms with van der Waals surface area (Å²) in [5.74, 6) is 0.